The monoisotopic (exact) mass is 236 g/mol. The van der Waals surface area contributed by atoms with Crippen molar-refractivity contribution in [1.29, 1.82) is 0 Å². The maximum Gasteiger partial charge on any atom is 0.289 e. The topological polar surface area (TPSA) is 59.5 Å². The van der Waals surface area contributed by atoms with E-state index in [4.69, 9.17) is 10.2 Å². The van der Waals surface area contributed by atoms with Gasteiger partial charge in [0.25, 0.3) is 5.91 Å². The number of nitrogens with two attached hydrogens (primary N) is 1. The Labute approximate surface area is 102 Å². The lowest BCUT2D eigenvalue weighted by Gasteiger charge is -2.25. The van der Waals surface area contributed by atoms with Crippen molar-refractivity contribution in [2.24, 2.45) is 5.73 Å². The van der Waals surface area contributed by atoms with E-state index in [0.717, 1.165) is 31.6 Å². The maximum absolute atomic E-state index is 12.2. The molecule has 1 amide bonds. The molecule has 0 radical (unpaired) electrons. The fourth-order valence-corrected chi connectivity index (χ4v) is 2.47. The lowest BCUT2D eigenvalue weighted by Crippen LogP contribution is -2.38. The first-order valence-electron chi connectivity index (χ1n) is 6.21. The number of carbonyl (C=O) groups excluding carboxylic acids is 1. The number of furan rings is 1. The molecule has 1 saturated heterocycles. The fraction of sp³-hybridized carbons (Fsp3) is 0.615. The van der Waals surface area contributed by atoms with Gasteiger partial charge in [0.1, 0.15) is 5.76 Å². The quantitative estimate of drug-likeness (QED) is 0.872. The van der Waals surface area contributed by atoms with Crippen LogP contribution >= 0.6 is 0 Å². The van der Waals surface area contributed by atoms with E-state index in [1.165, 1.54) is 0 Å². The number of hydrogen-bond acceptors (Lipinski definition) is 3. The van der Waals surface area contributed by atoms with E-state index in [9.17, 15) is 4.79 Å². The van der Waals surface area contributed by atoms with Crippen LogP contribution in [0, 0.1) is 6.92 Å². The largest absolute Gasteiger partial charge is 0.456 e. The van der Waals surface area contributed by atoms with Gasteiger partial charge in [0, 0.05) is 18.6 Å². The first kappa shape index (κ1) is 12.2. The molecule has 2 atom stereocenters. The molecule has 2 rings (SSSR count). The Morgan fingerprint density at radius 1 is 1.65 bits per heavy atom. The van der Waals surface area contributed by atoms with Crippen molar-refractivity contribution >= 4 is 5.91 Å². The number of hydrogen-bond donors (Lipinski definition) is 1. The fourth-order valence-electron chi connectivity index (χ4n) is 2.47. The smallest absolute Gasteiger partial charge is 0.289 e. The van der Waals surface area contributed by atoms with Crippen molar-refractivity contribution in [3.63, 3.8) is 0 Å². The number of amides is 1. The van der Waals surface area contributed by atoms with E-state index in [0.29, 0.717) is 5.76 Å². The third-order valence-electron chi connectivity index (χ3n) is 3.23. The van der Waals surface area contributed by atoms with Gasteiger partial charge in [-0.25, -0.2) is 0 Å². The van der Waals surface area contributed by atoms with Crippen LogP contribution < -0.4 is 5.73 Å². The first-order chi connectivity index (χ1) is 8.08. The molecule has 0 spiro atoms. The number of rotatable bonds is 3. The molecule has 1 aliphatic rings. The van der Waals surface area contributed by atoms with Gasteiger partial charge in [0.15, 0.2) is 5.76 Å². The molecule has 0 bridgehead atoms. The van der Waals surface area contributed by atoms with Crippen molar-refractivity contribution in [2.75, 3.05) is 6.54 Å². The Bertz CT molecular complexity index is 398. The molecule has 1 aliphatic heterocycles. The van der Waals surface area contributed by atoms with Gasteiger partial charge in [0.05, 0.1) is 0 Å². The van der Waals surface area contributed by atoms with Gasteiger partial charge in [-0.3, -0.25) is 4.79 Å². The van der Waals surface area contributed by atoms with Crippen LogP contribution in [0.4, 0.5) is 0 Å². The van der Waals surface area contributed by atoms with E-state index < -0.39 is 0 Å². The average molecular weight is 236 g/mol. The number of nitrogens with zero attached hydrogens (tertiary/aromatic N) is 1. The van der Waals surface area contributed by atoms with Crippen molar-refractivity contribution in [1.82, 2.24) is 4.90 Å². The van der Waals surface area contributed by atoms with Gasteiger partial charge in [0.2, 0.25) is 0 Å². The minimum absolute atomic E-state index is 0.00116. The SMILES string of the molecule is Cc1ccc(C(=O)N2CCCC2CC(C)N)o1. The summed E-state index contributed by atoms with van der Waals surface area (Å²) in [6, 6.07) is 3.97. The van der Waals surface area contributed by atoms with Crippen LogP contribution in [0.2, 0.25) is 0 Å². The van der Waals surface area contributed by atoms with Crippen LogP contribution in [0.3, 0.4) is 0 Å². The molecule has 4 nitrogen and oxygen atoms in total. The second kappa shape index (κ2) is 4.92. The average Bonchev–Trinajstić information content (AvgIpc) is 2.85. The molecular formula is C13H20N2O2. The predicted octanol–water partition coefficient (Wildman–Crippen LogP) is 1.93. The third-order valence-corrected chi connectivity index (χ3v) is 3.23. The van der Waals surface area contributed by atoms with E-state index >= 15 is 0 Å². The summed E-state index contributed by atoms with van der Waals surface area (Å²) < 4.78 is 5.39. The summed E-state index contributed by atoms with van der Waals surface area (Å²) in [4.78, 5) is 14.1. The molecule has 0 saturated carbocycles. The van der Waals surface area contributed by atoms with Gasteiger partial charge < -0.3 is 15.1 Å². The van der Waals surface area contributed by atoms with E-state index in [1.54, 1.807) is 6.07 Å². The van der Waals surface area contributed by atoms with Crippen LogP contribution in [-0.4, -0.2) is 29.4 Å². The highest BCUT2D eigenvalue weighted by molar-refractivity contribution is 5.92. The van der Waals surface area contributed by atoms with Gasteiger partial charge in [-0.2, -0.15) is 0 Å². The summed E-state index contributed by atoms with van der Waals surface area (Å²) in [7, 11) is 0. The Balaban J connectivity index is 2.08. The van der Waals surface area contributed by atoms with Crippen LogP contribution in [0.5, 0.6) is 0 Å². The number of likely N-dealkylation sites (tertiary alicyclic amines) is 1. The minimum atomic E-state index is 0.00116. The Morgan fingerprint density at radius 2 is 2.41 bits per heavy atom. The predicted molar refractivity (Wildman–Crippen MR) is 65.8 cm³/mol. The zero-order valence-electron chi connectivity index (χ0n) is 10.5. The molecule has 17 heavy (non-hydrogen) atoms. The number of aryl methyl sites for hydroxylation is 1. The van der Waals surface area contributed by atoms with Crippen LogP contribution in [0.25, 0.3) is 0 Å². The van der Waals surface area contributed by atoms with Crippen LogP contribution in [0.15, 0.2) is 16.5 Å². The molecule has 2 N–H and O–H groups in total. The van der Waals surface area contributed by atoms with Gasteiger partial charge >= 0.3 is 0 Å². The van der Waals surface area contributed by atoms with Crippen molar-refractivity contribution in [3.05, 3.63) is 23.7 Å². The minimum Gasteiger partial charge on any atom is -0.456 e. The standard InChI is InChI=1S/C13H20N2O2/c1-9(14)8-11-4-3-7-15(11)13(16)12-6-5-10(2)17-12/h5-6,9,11H,3-4,7-8,14H2,1-2H3. The zero-order chi connectivity index (χ0) is 12.4. The van der Waals surface area contributed by atoms with Crippen molar-refractivity contribution < 1.29 is 9.21 Å². The van der Waals surface area contributed by atoms with Crippen LogP contribution in [-0.2, 0) is 0 Å². The molecule has 94 valence electrons. The molecule has 0 aliphatic carbocycles. The lowest BCUT2D eigenvalue weighted by molar-refractivity contribution is 0.0693. The van der Waals surface area contributed by atoms with E-state index in [-0.39, 0.29) is 18.0 Å². The molecule has 4 heteroatoms. The number of carbonyl (C=O) groups is 1. The second-order valence-electron chi connectivity index (χ2n) is 4.92. The molecule has 1 fully saturated rings. The molecule has 0 aromatic carbocycles. The Kier molecular flexibility index (Phi) is 3.52. The summed E-state index contributed by atoms with van der Waals surface area (Å²) in [5.74, 6) is 1.22. The summed E-state index contributed by atoms with van der Waals surface area (Å²) >= 11 is 0. The first-order valence-corrected chi connectivity index (χ1v) is 6.21. The second-order valence-corrected chi connectivity index (χ2v) is 4.92. The highest BCUT2D eigenvalue weighted by Gasteiger charge is 2.31. The van der Waals surface area contributed by atoms with Crippen molar-refractivity contribution in [3.8, 4) is 0 Å². The molecule has 1 aromatic rings. The highest BCUT2D eigenvalue weighted by atomic mass is 16.3. The van der Waals surface area contributed by atoms with Gasteiger partial charge in [-0.15, -0.1) is 0 Å². The normalized spacial score (nSPS) is 21.8. The van der Waals surface area contributed by atoms with Gasteiger partial charge in [-0.1, -0.05) is 0 Å². The lowest BCUT2D eigenvalue weighted by atomic mass is 10.1. The van der Waals surface area contributed by atoms with Gasteiger partial charge in [-0.05, 0) is 45.2 Å². The van der Waals surface area contributed by atoms with E-state index in [2.05, 4.69) is 0 Å². The summed E-state index contributed by atoms with van der Waals surface area (Å²) in [5.41, 5.74) is 5.82. The molecular weight excluding hydrogens is 216 g/mol. The zero-order valence-corrected chi connectivity index (χ0v) is 10.5. The summed E-state index contributed by atoms with van der Waals surface area (Å²) in [6.45, 7) is 4.65. The molecule has 1 aromatic heterocycles. The molecule has 2 unspecified atom stereocenters. The maximum atomic E-state index is 12.2. The Morgan fingerprint density at radius 3 is 3.00 bits per heavy atom. The van der Waals surface area contributed by atoms with E-state index in [1.807, 2.05) is 24.8 Å². The summed E-state index contributed by atoms with van der Waals surface area (Å²) in [5, 5.41) is 0. The molecule has 2 heterocycles. The Hall–Kier alpha value is -1.29. The summed E-state index contributed by atoms with van der Waals surface area (Å²) in [6.07, 6.45) is 2.97. The highest BCUT2D eigenvalue weighted by Crippen LogP contribution is 2.23. The van der Waals surface area contributed by atoms with Crippen molar-refractivity contribution in [2.45, 2.75) is 45.2 Å². The third kappa shape index (κ3) is 2.69. The van der Waals surface area contributed by atoms with Crippen LogP contribution in [0.1, 0.15) is 42.5 Å².